The number of ether oxygens (including phenoxy) is 1. The monoisotopic (exact) mass is 283 g/mol. The molecule has 0 aliphatic rings. The van der Waals surface area contributed by atoms with E-state index in [4.69, 9.17) is 9.29 Å². The summed E-state index contributed by atoms with van der Waals surface area (Å²) in [6, 6.07) is 0. The van der Waals surface area contributed by atoms with Gasteiger partial charge in [0.2, 0.25) is 0 Å². The quantitative estimate of drug-likeness (QED) is 0.219. The highest BCUT2D eigenvalue weighted by molar-refractivity contribution is 7.85. The fourth-order valence-corrected chi connectivity index (χ4v) is 1.92. The van der Waals surface area contributed by atoms with Crippen molar-refractivity contribution in [1.82, 2.24) is 0 Å². The molecule has 0 aliphatic carbocycles. The molecule has 2 N–H and O–H groups in total. The molecule has 0 aromatic heterocycles. The average Bonchev–Trinajstić information content (AvgIpc) is 2.20. The molecule has 0 radical (unpaired) electrons. The van der Waals surface area contributed by atoms with Crippen LogP contribution in [0.4, 0.5) is 0 Å². The van der Waals surface area contributed by atoms with Crippen LogP contribution in [0.3, 0.4) is 0 Å². The maximum Gasteiger partial charge on any atom is 0.330 e. The van der Waals surface area contributed by atoms with E-state index >= 15 is 0 Å². The zero-order valence-electron chi connectivity index (χ0n) is 10.7. The van der Waals surface area contributed by atoms with Crippen LogP contribution in [-0.2, 0) is 19.6 Å². The van der Waals surface area contributed by atoms with Crippen molar-refractivity contribution in [3.63, 3.8) is 0 Å². The molecule has 7 nitrogen and oxygen atoms in total. The predicted molar refractivity (Wildman–Crippen MR) is 66.0 cm³/mol. The largest absolute Gasteiger partial charge is 0.870 e. The molecule has 0 rings (SSSR count). The van der Waals surface area contributed by atoms with Gasteiger partial charge in [0, 0.05) is 12.5 Å². The molecule has 0 amide bonds. The van der Waals surface area contributed by atoms with E-state index in [1.807, 2.05) is 14.1 Å². The van der Waals surface area contributed by atoms with Crippen molar-refractivity contribution < 1.29 is 32.5 Å². The lowest BCUT2D eigenvalue weighted by Crippen LogP contribution is -2.44. The Kier molecular flexibility index (Phi) is 8.83. The molecule has 0 saturated carbocycles. The fourth-order valence-electron chi connectivity index (χ4n) is 1.20. The Morgan fingerprint density at radius 1 is 1.39 bits per heavy atom. The van der Waals surface area contributed by atoms with Crippen molar-refractivity contribution in [3.8, 4) is 0 Å². The Balaban J connectivity index is 0. The summed E-state index contributed by atoms with van der Waals surface area (Å²) in [6.45, 7) is 4.51. The number of hydrogen-bond acceptors (Lipinski definition) is 5. The van der Waals surface area contributed by atoms with E-state index in [-0.39, 0.29) is 17.8 Å². The molecule has 0 aromatic rings. The van der Waals surface area contributed by atoms with Gasteiger partial charge in [-0.25, -0.2) is 4.79 Å². The third-order valence-electron chi connectivity index (χ3n) is 2.27. The number of esters is 1. The lowest BCUT2D eigenvalue weighted by atomic mass is 10.3. The highest BCUT2D eigenvalue weighted by atomic mass is 32.2. The van der Waals surface area contributed by atoms with Crippen LogP contribution in [0.1, 0.15) is 6.42 Å². The van der Waals surface area contributed by atoms with Crippen LogP contribution in [0, 0.1) is 0 Å². The van der Waals surface area contributed by atoms with Crippen molar-refractivity contribution in [2.45, 2.75) is 6.42 Å². The Labute approximate surface area is 108 Å². The van der Waals surface area contributed by atoms with Gasteiger partial charge in [0.1, 0.15) is 5.75 Å². The van der Waals surface area contributed by atoms with E-state index in [9.17, 15) is 13.2 Å². The van der Waals surface area contributed by atoms with Gasteiger partial charge in [0.15, 0.2) is 0 Å². The first-order valence-corrected chi connectivity index (χ1v) is 6.83. The average molecular weight is 283 g/mol. The minimum absolute atomic E-state index is 0. The highest BCUT2D eigenvalue weighted by Gasteiger charge is 2.18. The minimum atomic E-state index is -3.92. The van der Waals surface area contributed by atoms with E-state index in [0.29, 0.717) is 24.0 Å². The van der Waals surface area contributed by atoms with Crippen molar-refractivity contribution in [2.24, 2.45) is 0 Å². The van der Waals surface area contributed by atoms with Gasteiger partial charge in [0.05, 0.1) is 33.8 Å². The lowest BCUT2D eigenvalue weighted by Gasteiger charge is -2.29. The van der Waals surface area contributed by atoms with Gasteiger partial charge in [-0.1, -0.05) is 6.58 Å². The second kappa shape index (κ2) is 8.20. The van der Waals surface area contributed by atoms with Gasteiger partial charge in [-0.15, -0.1) is 0 Å². The van der Waals surface area contributed by atoms with E-state index in [1.54, 1.807) is 0 Å². The van der Waals surface area contributed by atoms with Crippen molar-refractivity contribution in [1.29, 1.82) is 0 Å². The summed E-state index contributed by atoms with van der Waals surface area (Å²) in [5.74, 6) is -0.736. The van der Waals surface area contributed by atoms with Crippen molar-refractivity contribution >= 4 is 16.1 Å². The highest BCUT2D eigenvalue weighted by Crippen LogP contribution is 2.01. The first kappa shape index (κ1) is 19.4. The zero-order chi connectivity index (χ0) is 13.5. The summed E-state index contributed by atoms with van der Waals surface area (Å²) in [5, 5.41) is 0. The van der Waals surface area contributed by atoms with Gasteiger partial charge in [-0.3, -0.25) is 4.55 Å². The summed E-state index contributed by atoms with van der Waals surface area (Å²) in [7, 11) is -0.224. The molecule has 108 valence electrons. The van der Waals surface area contributed by atoms with Crippen LogP contribution in [0.2, 0.25) is 0 Å². The first-order valence-electron chi connectivity index (χ1n) is 5.23. The second-order valence-corrected chi connectivity index (χ2v) is 5.97. The first-order chi connectivity index (χ1) is 7.66. The van der Waals surface area contributed by atoms with Gasteiger partial charge in [-0.05, 0) is 0 Å². The number of hydrogen-bond donors (Lipinski definition) is 1. The van der Waals surface area contributed by atoms with Crippen LogP contribution in [-0.4, -0.2) is 68.4 Å². The number of carbonyl (C=O) groups excluding carboxylic acids is 1. The van der Waals surface area contributed by atoms with E-state index in [0.717, 1.165) is 6.08 Å². The molecule has 0 aromatic carbocycles. The predicted octanol–water partition coefficient (Wildman–Crippen LogP) is -0.107. The van der Waals surface area contributed by atoms with Gasteiger partial charge < -0.3 is 14.7 Å². The molecule has 0 spiro atoms. The van der Waals surface area contributed by atoms with Crippen molar-refractivity contribution in [3.05, 3.63) is 12.7 Å². The molecule has 8 heteroatoms. The van der Waals surface area contributed by atoms with Crippen molar-refractivity contribution in [2.75, 3.05) is 39.5 Å². The van der Waals surface area contributed by atoms with Crippen LogP contribution >= 0.6 is 0 Å². The molecule has 0 unspecified atom stereocenters. The fraction of sp³-hybridized carbons (Fsp3) is 0.700. The molecule has 0 bridgehead atoms. The third-order valence-corrected chi connectivity index (χ3v) is 2.97. The number of rotatable bonds is 8. The Bertz CT molecular complexity index is 363. The van der Waals surface area contributed by atoms with E-state index in [1.165, 1.54) is 0 Å². The van der Waals surface area contributed by atoms with Gasteiger partial charge in [-0.2, -0.15) is 8.42 Å². The Morgan fingerprint density at radius 2 is 1.94 bits per heavy atom. The Hall–Kier alpha value is -0.960. The van der Waals surface area contributed by atoms with Gasteiger partial charge in [0.25, 0.3) is 10.1 Å². The topological polar surface area (TPSA) is 111 Å². The normalized spacial score (nSPS) is 11.5. The summed E-state index contributed by atoms with van der Waals surface area (Å²) in [5.41, 5.74) is 0. The van der Waals surface area contributed by atoms with E-state index in [2.05, 4.69) is 6.58 Å². The van der Waals surface area contributed by atoms with E-state index < -0.39 is 16.1 Å². The number of nitrogens with zero attached hydrogens (tertiary/aromatic N) is 1. The molecular formula is C10H21NO6S. The minimum Gasteiger partial charge on any atom is -0.870 e. The molecule has 0 heterocycles. The number of quaternary nitrogens is 1. The van der Waals surface area contributed by atoms with Gasteiger partial charge >= 0.3 is 5.97 Å². The van der Waals surface area contributed by atoms with Crippen LogP contribution in [0.25, 0.3) is 0 Å². The lowest BCUT2D eigenvalue weighted by molar-refractivity contribution is -0.888. The second-order valence-electron chi connectivity index (χ2n) is 4.39. The smallest absolute Gasteiger partial charge is 0.330 e. The summed E-state index contributed by atoms with van der Waals surface area (Å²) in [6.07, 6.45) is 1.72. The molecule has 0 saturated heterocycles. The molecule has 0 aliphatic heterocycles. The molecule has 0 fully saturated rings. The summed E-state index contributed by atoms with van der Waals surface area (Å²) < 4.78 is 35.1. The maximum absolute atomic E-state index is 10.7. The third kappa shape index (κ3) is 11.5. The molecule has 18 heavy (non-hydrogen) atoms. The number of carbonyl (C=O) groups is 1. The maximum atomic E-state index is 10.7. The Morgan fingerprint density at radius 3 is 2.39 bits per heavy atom. The summed E-state index contributed by atoms with van der Waals surface area (Å²) >= 11 is 0. The molecular weight excluding hydrogens is 262 g/mol. The van der Waals surface area contributed by atoms with Crippen LogP contribution in [0.15, 0.2) is 12.7 Å². The van der Waals surface area contributed by atoms with Crippen LogP contribution in [0.5, 0.6) is 0 Å². The zero-order valence-corrected chi connectivity index (χ0v) is 11.5. The molecule has 0 atom stereocenters. The summed E-state index contributed by atoms with van der Waals surface area (Å²) in [4.78, 5) is 10.7. The SMILES string of the molecule is C=CC(=O)OCCC[N+](C)(C)CCS(=O)(=O)O.[OH-]. The van der Waals surface area contributed by atoms with Crippen LogP contribution < -0.4 is 0 Å². The standard InChI is InChI=1S/C10H19NO5S.H2O/c1-4-10(12)16-8-5-6-11(2,3)7-9-17(13,14)15;/h4H,1,5-9H2,2-3H3;1H2.